The molecule has 6 rings (SSSR count). The first kappa shape index (κ1) is 27.2. The van der Waals surface area contributed by atoms with E-state index in [1.165, 1.54) is 11.1 Å². The summed E-state index contributed by atoms with van der Waals surface area (Å²) in [7, 11) is 2.08. The number of carbonyl (C=O) groups is 2. The number of anilines is 1. The van der Waals surface area contributed by atoms with Gasteiger partial charge >= 0.3 is 0 Å². The maximum Gasteiger partial charge on any atom is 0.261 e. The van der Waals surface area contributed by atoms with Crippen molar-refractivity contribution in [3.8, 4) is 11.4 Å². The molecular weight excluding hydrogens is 546 g/mol. The number of fused-ring (bicyclic) bond motifs is 2. The van der Waals surface area contributed by atoms with Gasteiger partial charge < -0.3 is 25.3 Å². The molecule has 12 heteroatoms. The van der Waals surface area contributed by atoms with Gasteiger partial charge in [-0.25, -0.2) is 4.98 Å². The molecular formula is C29H30ClN7O4. The van der Waals surface area contributed by atoms with Crippen LogP contribution in [0.2, 0.25) is 5.02 Å². The van der Waals surface area contributed by atoms with Crippen molar-refractivity contribution in [3.63, 3.8) is 0 Å². The molecule has 41 heavy (non-hydrogen) atoms. The highest BCUT2D eigenvalue weighted by molar-refractivity contribution is 6.30. The third-order valence-corrected chi connectivity index (χ3v) is 7.96. The number of rotatable bonds is 8. The van der Waals surface area contributed by atoms with Crippen molar-refractivity contribution in [1.82, 2.24) is 29.7 Å². The Morgan fingerprint density at radius 1 is 1.02 bits per heavy atom. The summed E-state index contributed by atoms with van der Waals surface area (Å²) >= 11 is 6.05. The molecule has 0 aliphatic carbocycles. The molecule has 1 saturated heterocycles. The van der Waals surface area contributed by atoms with Crippen LogP contribution in [-0.4, -0.2) is 99.4 Å². The number of hydrogen-bond donors (Lipinski definition) is 4. The van der Waals surface area contributed by atoms with Crippen LogP contribution < -0.4 is 10.9 Å². The second-order valence-corrected chi connectivity index (χ2v) is 10.9. The van der Waals surface area contributed by atoms with E-state index >= 15 is 0 Å². The van der Waals surface area contributed by atoms with Crippen LogP contribution in [0.25, 0.3) is 22.4 Å². The van der Waals surface area contributed by atoms with Gasteiger partial charge in [0.25, 0.3) is 17.4 Å². The van der Waals surface area contributed by atoms with Crippen molar-refractivity contribution in [1.29, 1.82) is 0 Å². The van der Waals surface area contributed by atoms with Gasteiger partial charge in [0.05, 0.1) is 34.0 Å². The number of benzene rings is 2. The van der Waals surface area contributed by atoms with Crippen LogP contribution in [0.5, 0.6) is 0 Å². The number of piperazine rings is 1. The molecule has 0 saturated carbocycles. The maximum atomic E-state index is 13.2. The monoisotopic (exact) mass is 575 g/mol. The summed E-state index contributed by atoms with van der Waals surface area (Å²) in [4.78, 5) is 55.5. The van der Waals surface area contributed by atoms with E-state index in [2.05, 4.69) is 37.1 Å². The van der Waals surface area contributed by atoms with Crippen molar-refractivity contribution in [2.24, 2.45) is 0 Å². The molecule has 2 aliphatic rings. The van der Waals surface area contributed by atoms with E-state index in [1.807, 2.05) is 0 Å². The second-order valence-electron chi connectivity index (χ2n) is 10.5. The number of nitrogens with zero attached hydrogens (tertiary/aromatic N) is 4. The fourth-order valence-corrected chi connectivity index (χ4v) is 5.53. The minimum absolute atomic E-state index is 0.123. The highest BCUT2D eigenvalue weighted by atomic mass is 35.5. The first-order valence-corrected chi connectivity index (χ1v) is 13.9. The molecule has 11 nitrogen and oxygen atoms in total. The number of imide groups is 1. The number of carbonyl (C=O) groups excluding carboxylic acids is 2. The van der Waals surface area contributed by atoms with E-state index in [1.54, 1.807) is 42.5 Å². The Labute approximate surface area is 240 Å². The maximum absolute atomic E-state index is 13.2. The van der Waals surface area contributed by atoms with Gasteiger partial charge in [0, 0.05) is 57.0 Å². The highest BCUT2D eigenvalue weighted by Gasteiger charge is 2.36. The summed E-state index contributed by atoms with van der Waals surface area (Å²) < 4.78 is 0. The number of nitrogens with one attached hydrogen (secondary N) is 3. The Kier molecular flexibility index (Phi) is 7.35. The molecule has 0 bridgehead atoms. The standard InChI is InChI=1S/C29H30ClN7O4/c1-35-7-9-36(10-8-35)11-12-37-28(40)19-14-22-23(15-20(19)29(37)41)34-26(33-22)25-21(5-6-31-27(25)39)32-16-24(38)17-3-2-4-18(30)13-17/h2-6,13-15,24,38H,7-12,16H2,1H3,(H,33,34)(H2,31,32,39). The molecule has 0 spiro atoms. The number of aliphatic hydroxyl groups is 1. The molecule has 2 aliphatic heterocycles. The van der Waals surface area contributed by atoms with Gasteiger partial charge in [-0.3, -0.25) is 24.2 Å². The van der Waals surface area contributed by atoms with E-state index in [4.69, 9.17) is 11.6 Å². The Bertz CT molecular complexity index is 1640. The van der Waals surface area contributed by atoms with E-state index < -0.39 is 6.10 Å². The summed E-state index contributed by atoms with van der Waals surface area (Å²) in [6.07, 6.45) is 0.640. The van der Waals surface area contributed by atoms with Gasteiger partial charge in [-0.1, -0.05) is 23.7 Å². The SMILES string of the molecule is CN1CCN(CCN2C(=O)c3cc4nc(-c5c(NCC(O)c6cccc(Cl)c6)cc[nH]c5=O)[nH]c4cc3C2=O)CC1. The van der Waals surface area contributed by atoms with Crippen molar-refractivity contribution in [3.05, 3.63) is 80.7 Å². The molecule has 4 heterocycles. The second kappa shape index (κ2) is 11.1. The zero-order chi connectivity index (χ0) is 28.7. The lowest BCUT2D eigenvalue weighted by Gasteiger charge is -2.33. The zero-order valence-corrected chi connectivity index (χ0v) is 23.2. The first-order valence-electron chi connectivity index (χ1n) is 13.5. The predicted molar refractivity (Wildman–Crippen MR) is 156 cm³/mol. The number of aliphatic hydroxyl groups excluding tert-OH is 1. The molecule has 2 aromatic heterocycles. The molecule has 212 valence electrons. The van der Waals surface area contributed by atoms with Crippen molar-refractivity contribution in [2.45, 2.75) is 6.10 Å². The van der Waals surface area contributed by atoms with E-state index in [0.717, 1.165) is 26.2 Å². The van der Waals surface area contributed by atoms with Gasteiger partial charge in [0.2, 0.25) is 0 Å². The summed E-state index contributed by atoms with van der Waals surface area (Å²) in [5, 5.41) is 14.3. The molecule has 2 amide bonds. The highest BCUT2D eigenvalue weighted by Crippen LogP contribution is 2.30. The number of imidazole rings is 1. The van der Waals surface area contributed by atoms with E-state index in [-0.39, 0.29) is 35.3 Å². The average molecular weight is 576 g/mol. The smallest absolute Gasteiger partial charge is 0.261 e. The van der Waals surface area contributed by atoms with Crippen LogP contribution in [0, 0.1) is 0 Å². The van der Waals surface area contributed by atoms with Crippen molar-refractivity contribution < 1.29 is 14.7 Å². The van der Waals surface area contributed by atoms with Crippen LogP contribution in [0.1, 0.15) is 32.4 Å². The lowest BCUT2D eigenvalue weighted by Crippen LogP contribution is -2.47. The molecule has 1 atom stereocenters. The van der Waals surface area contributed by atoms with Gasteiger partial charge in [-0.05, 0) is 42.9 Å². The first-order chi connectivity index (χ1) is 19.8. The summed E-state index contributed by atoms with van der Waals surface area (Å²) in [5.74, 6) is -0.385. The van der Waals surface area contributed by atoms with Crippen molar-refractivity contribution >= 4 is 40.1 Å². The van der Waals surface area contributed by atoms with Crippen LogP contribution in [0.4, 0.5) is 5.69 Å². The molecule has 4 aromatic rings. The number of hydrogen-bond acceptors (Lipinski definition) is 8. The summed E-state index contributed by atoms with van der Waals surface area (Å²) in [6, 6.07) is 11.9. The fraction of sp³-hybridized carbons (Fsp3) is 0.310. The molecule has 2 aromatic carbocycles. The minimum atomic E-state index is -0.865. The third-order valence-electron chi connectivity index (χ3n) is 7.72. The van der Waals surface area contributed by atoms with Crippen LogP contribution >= 0.6 is 11.6 Å². The molecule has 0 radical (unpaired) electrons. The number of aromatic nitrogens is 3. The van der Waals surface area contributed by atoms with Gasteiger partial charge in [-0.15, -0.1) is 0 Å². The van der Waals surface area contributed by atoms with Crippen LogP contribution in [0.15, 0.2) is 53.5 Å². The zero-order valence-electron chi connectivity index (χ0n) is 22.5. The van der Waals surface area contributed by atoms with Crippen LogP contribution in [0.3, 0.4) is 0 Å². The average Bonchev–Trinajstić information content (AvgIpc) is 3.47. The Morgan fingerprint density at radius 3 is 2.54 bits per heavy atom. The number of pyridine rings is 1. The van der Waals surface area contributed by atoms with Crippen LogP contribution in [-0.2, 0) is 0 Å². The minimum Gasteiger partial charge on any atom is -0.387 e. The number of H-pyrrole nitrogens is 2. The van der Waals surface area contributed by atoms with E-state index in [9.17, 15) is 19.5 Å². The summed E-state index contributed by atoms with van der Waals surface area (Å²) in [6.45, 7) is 4.83. The normalized spacial score (nSPS) is 16.9. The Hall–Kier alpha value is -4.03. The predicted octanol–water partition coefficient (Wildman–Crippen LogP) is 2.56. The number of halogens is 1. The lowest BCUT2D eigenvalue weighted by molar-refractivity contribution is 0.0621. The number of amides is 2. The quantitative estimate of drug-likeness (QED) is 0.235. The van der Waals surface area contributed by atoms with Gasteiger partial charge in [-0.2, -0.15) is 0 Å². The Balaban J connectivity index is 1.22. The van der Waals surface area contributed by atoms with Gasteiger partial charge in [0.15, 0.2) is 0 Å². The van der Waals surface area contributed by atoms with Gasteiger partial charge in [0.1, 0.15) is 11.4 Å². The molecule has 1 unspecified atom stereocenters. The molecule has 1 fully saturated rings. The molecule has 4 N–H and O–H groups in total. The summed E-state index contributed by atoms with van der Waals surface area (Å²) in [5.41, 5.74) is 2.59. The lowest BCUT2D eigenvalue weighted by atomic mass is 10.1. The Morgan fingerprint density at radius 2 is 1.78 bits per heavy atom. The topological polar surface area (TPSA) is 138 Å². The number of aromatic amines is 2. The fourth-order valence-electron chi connectivity index (χ4n) is 5.33. The largest absolute Gasteiger partial charge is 0.387 e. The van der Waals surface area contributed by atoms with Crippen molar-refractivity contribution in [2.75, 3.05) is 58.2 Å². The number of likely N-dealkylation sites (N-methyl/N-ethyl adjacent to an activating group) is 1. The third kappa shape index (κ3) is 5.36. The van der Waals surface area contributed by atoms with E-state index in [0.29, 0.717) is 51.5 Å².